The highest BCUT2D eigenvalue weighted by Gasteiger charge is 2.10. The molecule has 0 radical (unpaired) electrons. The third-order valence-corrected chi connectivity index (χ3v) is 2.64. The van der Waals surface area contributed by atoms with E-state index >= 15 is 0 Å². The van der Waals surface area contributed by atoms with Gasteiger partial charge < -0.3 is 10.2 Å². The van der Waals surface area contributed by atoms with Crippen molar-refractivity contribution in [3.63, 3.8) is 0 Å². The molecule has 0 fully saturated rings. The molecule has 0 unspecified atom stereocenters. The van der Waals surface area contributed by atoms with Gasteiger partial charge in [0.1, 0.15) is 11.8 Å². The molecule has 2 heterocycles. The highest BCUT2D eigenvalue weighted by Crippen LogP contribution is 2.29. The van der Waals surface area contributed by atoms with Crippen LogP contribution in [0.15, 0.2) is 35.3 Å². The van der Waals surface area contributed by atoms with Gasteiger partial charge in [-0.05, 0) is 6.07 Å². The maximum atomic E-state index is 5.91. The van der Waals surface area contributed by atoms with Crippen molar-refractivity contribution in [1.82, 2.24) is 15.0 Å². The Morgan fingerprint density at radius 1 is 1.18 bits per heavy atom. The second-order valence-electron chi connectivity index (χ2n) is 3.49. The van der Waals surface area contributed by atoms with E-state index < -0.39 is 0 Å². The van der Waals surface area contributed by atoms with Crippen molar-refractivity contribution in [2.75, 3.05) is 5.73 Å². The lowest BCUT2D eigenvalue weighted by Gasteiger charge is -1.94. The van der Waals surface area contributed by atoms with Gasteiger partial charge in [0.25, 0.3) is 0 Å². The number of anilines is 1. The summed E-state index contributed by atoms with van der Waals surface area (Å²) in [6.45, 7) is 0. The minimum atomic E-state index is 0.447. The zero-order chi connectivity index (χ0) is 11.8. The summed E-state index contributed by atoms with van der Waals surface area (Å²) in [5, 5.41) is 0.460. The fourth-order valence-electron chi connectivity index (χ4n) is 1.50. The molecule has 0 aliphatic heterocycles. The molecule has 0 saturated heterocycles. The molecule has 0 atom stereocenters. The van der Waals surface area contributed by atoms with Gasteiger partial charge in [-0.2, -0.15) is 0 Å². The van der Waals surface area contributed by atoms with E-state index in [0.29, 0.717) is 33.3 Å². The number of rotatable bonds is 1. The van der Waals surface area contributed by atoms with Crippen LogP contribution in [0.2, 0.25) is 5.02 Å². The fraction of sp³-hybridized carbons (Fsp3) is 0. The van der Waals surface area contributed by atoms with E-state index in [-0.39, 0.29) is 0 Å². The second kappa shape index (κ2) is 3.71. The van der Waals surface area contributed by atoms with E-state index in [4.69, 9.17) is 21.8 Å². The van der Waals surface area contributed by atoms with E-state index in [1.165, 1.54) is 6.33 Å². The summed E-state index contributed by atoms with van der Waals surface area (Å²) in [6.07, 6.45) is 4.70. The van der Waals surface area contributed by atoms with Crippen LogP contribution in [0.5, 0.6) is 0 Å². The van der Waals surface area contributed by atoms with Crippen molar-refractivity contribution in [3.8, 4) is 11.5 Å². The Balaban J connectivity index is 2.21. The quantitative estimate of drug-likeness (QED) is 0.668. The summed E-state index contributed by atoms with van der Waals surface area (Å²) < 4.78 is 5.56. The van der Waals surface area contributed by atoms with Gasteiger partial charge >= 0.3 is 0 Å². The summed E-state index contributed by atoms with van der Waals surface area (Å²) in [5.41, 5.74) is 8.10. The number of nitrogens with two attached hydrogens (primary N) is 1. The number of benzene rings is 1. The smallest absolute Gasteiger partial charge is 0.230 e. The number of hydrogen-bond acceptors (Lipinski definition) is 5. The molecule has 0 aliphatic rings. The minimum Gasteiger partial charge on any atom is -0.436 e. The fourth-order valence-corrected chi connectivity index (χ4v) is 1.66. The summed E-state index contributed by atoms with van der Waals surface area (Å²) in [4.78, 5) is 12.1. The van der Waals surface area contributed by atoms with E-state index in [1.807, 2.05) is 0 Å². The van der Waals surface area contributed by atoms with Crippen molar-refractivity contribution < 1.29 is 4.42 Å². The first-order valence-electron chi connectivity index (χ1n) is 4.85. The Hall–Kier alpha value is -2.14. The predicted octanol–water partition coefficient (Wildman–Crippen LogP) is 2.52. The molecule has 84 valence electrons. The van der Waals surface area contributed by atoms with Crippen LogP contribution in [-0.4, -0.2) is 15.0 Å². The van der Waals surface area contributed by atoms with Crippen LogP contribution in [0.25, 0.3) is 22.6 Å². The Morgan fingerprint density at radius 3 is 2.71 bits per heavy atom. The van der Waals surface area contributed by atoms with Crippen LogP contribution in [-0.2, 0) is 0 Å². The molecule has 2 N–H and O–H groups in total. The van der Waals surface area contributed by atoms with Crippen LogP contribution in [0.4, 0.5) is 5.69 Å². The third kappa shape index (κ3) is 1.70. The molecule has 1 aromatic carbocycles. The Bertz CT molecular complexity index is 642. The molecule has 5 nitrogen and oxygen atoms in total. The van der Waals surface area contributed by atoms with Gasteiger partial charge in [-0.1, -0.05) is 11.6 Å². The Morgan fingerprint density at radius 2 is 1.94 bits per heavy atom. The zero-order valence-electron chi connectivity index (χ0n) is 8.59. The van der Waals surface area contributed by atoms with Crippen LogP contribution < -0.4 is 5.73 Å². The molecule has 3 aromatic rings. The normalized spacial score (nSPS) is 10.9. The van der Waals surface area contributed by atoms with E-state index in [0.717, 1.165) is 0 Å². The molecule has 0 saturated carbocycles. The highest BCUT2D eigenvalue weighted by molar-refractivity contribution is 6.33. The monoisotopic (exact) mass is 246 g/mol. The van der Waals surface area contributed by atoms with Crippen LogP contribution in [0.3, 0.4) is 0 Å². The highest BCUT2D eigenvalue weighted by atomic mass is 35.5. The maximum absolute atomic E-state index is 5.91. The molecule has 0 bridgehead atoms. The summed E-state index contributed by atoms with van der Waals surface area (Å²) >= 11 is 5.91. The first-order valence-corrected chi connectivity index (χ1v) is 5.23. The number of nitrogens with zero attached hydrogens (tertiary/aromatic N) is 3. The van der Waals surface area contributed by atoms with Crippen molar-refractivity contribution in [1.29, 1.82) is 0 Å². The minimum absolute atomic E-state index is 0.447. The number of halogens is 1. The first-order chi connectivity index (χ1) is 8.24. The topological polar surface area (TPSA) is 77.8 Å². The lowest BCUT2D eigenvalue weighted by Crippen LogP contribution is -1.84. The number of nitrogen functional groups attached to an aromatic ring is 1. The molecule has 3 rings (SSSR count). The molecule has 0 spiro atoms. The lowest BCUT2D eigenvalue weighted by atomic mass is 10.3. The third-order valence-electron chi connectivity index (χ3n) is 2.31. The van der Waals surface area contributed by atoms with Gasteiger partial charge in [0, 0.05) is 18.5 Å². The van der Waals surface area contributed by atoms with Gasteiger partial charge in [0.2, 0.25) is 5.89 Å². The van der Waals surface area contributed by atoms with Crippen LogP contribution in [0.1, 0.15) is 0 Å². The van der Waals surface area contributed by atoms with E-state index in [2.05, 4.69) is 15.0 Å². The van der Waals surface area contributed by atoms with Crippen molar-refractivity contribution in [2.45, 2.75) is 0 Å². The Kier molecular flexibility index (Phi) is 2.19. The molecule has 17 heavy (non-hydrogen) atoms. The first kappa shape index (κ1) is 10.0. The summed E-state index contributed by atoms with van der Waals surface area (Å²) in [7, 11) is 0. The average Bonchev–Trinajstić information content (AvgIpc) is 2.74. The van der Waals surface area contributed by atoms with Crippen LogP contribution >= 0.6 is 11.6 Å². The van der Waals surface area contributed by atoms with Gasteiger partial charge in [-0.25, -0.2) is 15.0 Å². The number of hydrogen-bond donors (Lipinski definition) is 1. The molecule has 6 heteroatoms. The summed E-state index contributed by atoms with van der Waals surface area (Å²) in [6, 6.07) is 3.32. The number of oxazole rings is 1. The van der Waals surface area contributed by atoms with Gasteiger partial charge in [-0.15, -0.1) is 0 Å². The van der Waals surface area contributed by atoms with E-state index in [1.54, 1.807) is 24.5 Å². The molecular weight excluding hydrogens is 240 g/mol. The molecule has 0 amide bonds. The van der Waals surface area contributed by atoms with Gasteiger partial charge in [0.15, 0.2) is 5.58 Å². The SMILES string of the molecule is Nc1cc2oc(-c3cncnc3)nc2cc1Cl. The average molecular weight is 247 g/mol. The lowest BCUT2D eigenvalue weighted by molar-refractivity contribution is 0.619. The largest absolute Gasteiger partial charge is 0.436 e. The van der Waals surface area contributed by atoms with Crippen LogP contribution in [0, 0.1) is 0 Å². The van der Waals surface area contributed by atoms with Crippen molar-refractivity contribution in [2.24, 2.45) is 0 Å². The maximum Gasteiger partial charge on any atom is 0.230 e. The summed E-state index contributed by atoms with van der Waals surface area (Å²) in [5.74, 6) is 0.447. The van der Waals surface area contributed by atoms with Crippen molar-refractivity contribution in [3.05, 3.63) is 35.9 Å². The van der Waals surface area contributed by atoms with Gasteiger partial charge in [-0.3, -0.25) is 0 Å². The number of aromatic nitrogens is 3. The molecule has 2 aromatic heterocycles. The molecule has 0 aliphatic carbocycles. The number of fused-ring (bicyclic) bond motifs is 1. The Labute approximate surface area is 101 Å². The molecular formula is C11H7ClN4O. The second-order valence-corrected chi connectivity index (χ2v) is 3.89. The van der Waals surface area contributed by atoms with Gasteiger partial charge in [0.05, 0.1) is 16.3 Å². The van der Waals surface area contributed by atoms with E-state index in [9.17, 15) is 0 Å². The standard InChI is InChI=1S/C11H7ClN4O/c12-7-1-9-10(2-8(7)13)17-11(16-9)6-3-14-5-15-4-6/h1-5H,13H2. The van der Waals surface area contributed by atoms with Crippen molar-refractivity contribution >= 4 is 28.4 Å². The zero-order valence-corrected chi connectivity index (χ0v) is 9.35. The predicted molar refractivity (Wildman–Crippen MR) is 64.5 cm³/mol.